The maximum Gasteiger partial charge on any atom is 0.341 e. The highest BCUT2D eigenvalue weighted by atomic mass is 32.2. The number of hydrogen-bond acceptors (Lipinski definition) is 6. The van der Waals surface area contributed by atoms with Gasteiger partial charge in [-0.15, -0.1) is 0 Å². The Bertz CT molecular complexity index is 856. The highest BCUT2D eigenvalue weighted by Crippen LogP contribution is 2.30. The van der Waals surface area contributed by atoms with Crippen molar-refractivity contribution < 1.29 is 21.7 Å². The molecule has 1 saturated heterocycles. The largest absolute Gasteiger partial charge is 0.368 e. The summed E-state index contributed by atoms with van der Waals surface area (Å²) < 4.78 is 55.0. The molecule has 0 spiro atoms. The van der Waals surface area contributed by atoms with Crippen LogP contribution in [0, 0.1) is 13.8 Å². The first-order valence-corrected chi connectivity index (χ1v) is 9.85. The van der Waals surface area contributed by atoms with Crippen LogP contribution < -0.4 is 4.90 Å². The first kappa shape index (κ1) is 18.8. The van der Waals surface area contributed by atoms with Crippen LogP contribution in [0.4, 0.5) is 14.5 Å². The number of alkyl halides is 2. The van der Waals surface area contributed by atoms with Gasteiger partial charge in [0.15, 0.2) is 0 Å². The standard InChI is InChI=1S/C17H21F2N3O3S/c1-12-14(13(2)25-20-12)11-21-7-9-22(10-8-21)15-5-3-4-6-16(15)26(23,24)17(18)19/h3-6,17H,7-11H2,1-2H3. The van der Waals surface area contributed by atoms with Gasteiger partial charge in [0.25, 0.3) is 0 Å². The summed E-state index contributed by atoms with van der Waals surface area (Å²) in [5.41, 5.74) is 2.25. The second kappa shape index (κ2) is 7.32. The number of anilines is 1. The zero-order valence-electron chi connectivity index (χ0n) is 14.7. The third kappa shape index (κ3) is 3.59. The van der Waals surface area contributed by atoms with Crippen molar-refractivity contribution in [3.8, 4) is 0 Å². The van der Waals surface area contributed by atoms with Gasteiger partial charge >= 0.3 is 5.76 Å². The number of sulfone groups is 1. The number of hydrogen-bond donors (Lipinski definition) is 0. The summed E-state index contributed by atoms with van der Waals surface area (Å²) in [6.07, 6.45) is 0. The van der Waals surface area contributed by atoms with E-state index in [0.29, 0.717) is 38.4 Å². The van der Waals surface area contributed by atoms with E-state index in [1.807, 2.05) is 18.7 Å². The van der Waals surface area contributed by atoms with Crippen LogP contribution in [0.5, 0.6) is 0 Å². The summed E-state index contributed by atoms with van der Waals surface area (Å²) >= 11 is 0. The normalized spacial score (nSPS) is 16.4. The molecule has 6 nitrogen and oxygen atoms in total. The minimum absolute atomic E-state index is 0.311. The van der Waals surface area contributed by atoms with Crippen molar-refractivity contribution in [2.45, 2.75) is 31.0 Å². The van der Waals surface area contributed by atoms with Crippen LogP contribution in [0.1, 0.15) is 17.0 Å². The lowest BCUT2D eigenvalue weighted by Crippen LogP contribution is -2.46. The van der Waals surface area contributed by atoms with Crippen molar-refractivity contribution >= 4 is 15.5 Å². The average Bonchev–Trinajstić information content (AvgIpc) is 2.94. The predicted molar refractivity (Wildman–Crippen MR) is 93.1 cm³/mol. The molecule has 1 aliphatic heterocycles. The predicted octanol–water partition coefficient (Wildman–Crippen LogP) is 2.61. The molecule has 1 aromatic heterocycles. The Balaban J connectivity index is 1.73. The van der Waals surface area contributed by atoms with E-state index in [4.69, 9.17) is 4.52 Å². The highest BCUT2D eigenvalue weighted by molar-refractivity contribution is 7.91. The van der Waals surface area contributed by atoms with Gasteiger partial charge < -0.3 is 9.42 Å². The monoisotopic (exact) mass is 385 g/mol. The number of benzene rings is 1. The van der Waals surface area contributed by atoms with Gasteiger partial charge in [0.2, 0.25) is 9.84 Å². The molecule has 0 N–H and O–H groups in total. The molecule has 1 aliphatic rings. The van der Waals surface area contributed by atoms with E-state index in [1.165, 1.54) is 12.1 Å². The first-order chi connectivity index (χ1) is 12.3. The van der Waals surface area contributed by atoms with Gasteiger partial charge in [0, 0.05) is 38.3 Å². The number of aromatic nitrogens is 1. The molecule has 3 rings (SSSR count). The van der Waals surface area contributed by atoms with Gasteiger partial charge in [-0.3, -0.25) is 4.90 Å². The fraction of sp³-hybridized carbons (Fsp3) is 0.471. The maximum absolute atomic E-state index is 13.0. The molecule has 0 saturated carbocycles. The van der Waals surface area contributed by atoms with Gasteiger partial charge in [-0.05, 0) is 26.0 Å². The van der Waals surface area contributed by atoms with Crippen LogP contribution >= 0.6 is 0 Å². The lowest BCUT2D eigenvalue weighted by atomic mass is 10.1. The van der Waals surface area contributed by atoms with E-state index in [1.54, 1.807) is 12.1 Å². The number of para-hydroxylation sites is 1. The Morgan fingerprint density at radius 3 is 2.38 bits per heavy atom. The fourth-order valence-corrected chi connectivity index (χ4v) is 4.10. The fourth-order valence-electron chi connectivity index (χ4n) is 3.15. The van der Waals surface area contributed by atoms with Crippen molar-refractivity contribution in [1.82, 2.24) is 10.1 Å². The maximum atomic E-state index is 13.0. The molecular weight excluding hydrogens is 364 g/mol. The van der Waals surface area contributed by atoms with Crippen molar-refractivity contribution in [1.29, 1.82) is 0 Å². The summed E-state index contributed by atoms with van der Waals surface area (Å²) in [5, 5.41) is 3.95. The first-order valence-electron chi connectivity index (χ1n) is 8.31. The lowest BCUT2D eigenvalue weighted by Gasteiger charge is -2.36. The molecule has 0 radical (unpaired) electrons. The van der Waals surface area contributed by atoms with Gasteiger partial charge in [-0.1, -0.05) is 17.3 Å². The molecule has 0 amide bonds. The third-order valence-corrected chi connectivity index (χ3v) is 6.11. The molecule has 0 aliphatic carbocycles. The Morgan fingerprint density at radius 1 is 1.15 bits per heavy atom. The minimum atomic E-state index is -4.63. The number of piperazine rings is 1. The van der Waals surface area contributed by atoms with E-state index in [0.717, 1.165) is 17.0 Å². The molecule has 0 unspecified atom stereocenters. The van der Waals surface area contributed by atoms with Crippen molar-refractivity contribution in [3.05, 3.63) is 41.3 Å². The van der Waals surface area contributed by atoms with E-state index in [9.17, 15) is 17.2 Å². The van der Waals surface area contributed by atoms with E-state index >= 15 is 0 Å². The Hall–Kier alpha value is -2.00. The topological polar surface area (TPSA) is 66.7 Å². The SMILES string of the molecule is Cc1noc(C)c1CN1CCN(c2ccccc2S(=O)(=O)C(F)F)CC1. The van der Waals surface area contributed by atoms with Crippen molar-refractivity contribution in [3.63, 3.8) is 0 Å². The third-order valence-electron chi connectivity index (χ3n) is 4.68. The van der Waals surface area contributed by atoms with Crippen molar-refractivity contribution in [2.75, 3.05) is 31.1 Å². The Morgan fingerprint density at radius 2 is 1.81 bits per heavy atom. The number of halogens is 2. The van der Waals surface area contributed by atoms with Crippen molar-refractivity contribution in [2.24, 2.45) is 0 Å². The molecular formula is C17H21F2N3O3S. The van der Waals surface area contributed by atoms with Crippen LogP contribution in [0.2, 0.25) is 0 Å². The molecule has 1 fully saturated rings. The van der Waals surface area contributed by atoms with Gasteiger partial charge in [0.05, 0.1) is 16.3 Å². The summed E-state index contributed by atoms with van der Waals surface area (Å²) in [4.78, 5) is 3.75. The molecule has 142 valence electrons. The molecule has 2 aromatic rings. The lowest BCUT2D eigenvalue weighted by molar-refractivity contribution is 0.234. The molecule has 0 bridgehead atoms. The van der Waals surface area contributed by atoms with Crippen LogP contribution in [-0.2, 0) is 16.4 Å². The van der Waals surface area contributed by atoms with Crippen LogP contribution in [0.15, 0.2) is 33.7 Å². The number of nitrogens with zero attached hydrogens (tertiary/aromatic N) is 3. The van der Waals surface area contributed by atoms with Gasteiger partial charge in [-0.2, -0.15) is 8.78 Å². The van der Waals surface area contributed by atoms with Gasteiger partial charge in [0.1, 0.15) is 5.76 Å². The highest BCUT2D eigenvalue weighted by Gasteiger charge is 2.31. The molecule has 0 atom stereocenters. The summed E-state index contributed by atoms with van der Waals surface area (Å²) in [7, 11) is -4.63. The summed E-state index contributed by atoms with van der Waals surface area (Å²) in [6.45, 7) is 6.95. The molecule has 2 heterocycles. The molecule has 26 heavy (non-hydrogen) atoms. The molecule has 1 aromatic carbocycles. The summed E-state index contributed by atoms with van der Waals surface area (Å²) in [6, 6.07) is 5.95. The number of rotatable bonds is 5. The minimum Gasteiger partial charge on any atom is -0.368 e. The zero-order chi connectivity index (χ0) is 18.9. The smallest absolute Gasteiger partial charge is 0.341 e. The van der Waals surface area contributed by atoms with E-state index in [2.05, 4.69) is 10.1 Å². The van der Waals surface area contributed by atoms with Crippen LogP contribution in [-0.4, -0.2) is 50.4 Å². The van der Waals surface area contributed by atoms with Gasteiger partial charge in [-0.25, -0.2) is 8.42 Å². The van der Waals surface area contributed by atoms with Crippen LogP contribution in [0.25, 0.3) is 0 Å². The summed E-state index contributed by atoms with van der Waals surface area (Å²) in [5.74, 6) is -2.64. The number of aryl methyl sites for hydroxylation is 2. The Labute approximate surface area is 151 Å². The van der Waals surface area contributed by atoms with Crippen LogP contribution in [0.3, 0.4) is 0 Å². The van der Waals surface area contributed by atoms with E-state index < -0.39 is 15.6 Å². The second-order valence-electron chi connectivity index (χ2n) is 6.34. The Kier molecular flexibility index (Phi) is 5.29. The average molecular weight is 385 g/mol. The second-order valence-corrected chi connectivity index (χ2v) is 8.23. The molecule has 9 heteroatoms. The quantitative estimate of drug-likeness (QED) is 0.788. The van der Waals surface area contributed by atoms with E-state index in [-0.39, 0.29) is 4.90 Å². The zero-order valence-corrected chi connectivity index (χ0v) is 15.5.